The van der Waals surface area contributed by atoms with E-state index < -0.39 is 0 Å². The average Bonchev–Trinajstić information content (AvgIpc) is 2.17. The molecule has 0 saturated heterocycles. The van der Waals surface area contributed by atoms with Gasteiger partial charge in [0.2, 0.25) is 0 Å². The van der Waals surface area contributed by atoms with E-state index in [-0.39, 0.29) is 12.6 Å². The van der Waals surface area contributed by atoms with E-state index in [2.05, 4.69) is 19.2 Å². The van der Waals surface area contributed by atoms with Crippen molar-refractivity contribution in [3.05, 3.63) is 0 Å². The molecule has 0 radical (unpaired) electrons. The number of rotatable bonds is 8. The monoisotopic (exact) mass is 203 g/mol. The second-order valence-electron chi connectivity index (χ2n) is 3.12. The van der Waals surface area contributed by atoms with Gasteiger partial charge in [-0.15, -0.1) is 0 Å². The Hall–Kier alpha value is -0.610. The molecule has 0 aromatic carbocycles. The van der Waals surface area contributed by atoms with Gasteiger partial charge in [-0.2, -0.15) is 0 Å². The normalized spacial score (nSPS) is 12.5. The topological polar surface area (TPSA) is 47.6 Å². The van der Waals surface area contributed by atoms with Crippen molar-refractivity contribution in [1.29, 1.82) is 0 Å². The molecule has 14 heavy (non-hydrogen) atoms. The van der Waals surface area contributed by atoms with Gasteiger partial charge in [-0.3, -0.25) is 0 Å². The average molecular weight is 203 g/mol. The SMILES string of the molecule is CCOC(=O)COCCNC(C)CC. The summed E-state index contributed by atoms with van der Waals surface area (Å²) in [5.74, 6) is -0.295. The highest BCUT2D eigenvalue weighted by Crippen LogP contribution is 1.86. The first-order chi connectivity index (χ1) is 6.70. The summed E-state index contributed by atoms with van der Waals surface area (Å²) in [7, 11) is 0. The van der Waals surface area contributed by atoms with Gasteiger partial charge in [0.25, 0.3) is 0 Å². The van der Waals surface area contributed by atoms with Gasteiger partial charge in [0, 0.05) is 12.6 Å². The summed E-state index contributed by atoms with van der Waals surface area (Å²) in [5, 5.41) is 3.26. The highest BCUT2D eigenvalue weighted by atomic mass is 16.6. The second-order valence-corrected chi connectivity index (χ2v) is 3.12. The Labute approximate surface area is 86.0 Å². The molecular weight excluding hydrogens is 182 g/mol. The smallest absolute Gasteiger partial charge is 0.332 e. The summed E-state index contributed by atoms with van der Waals surface area (Å²) in [6, 6.07) is 0.501. The van der Waals surface area contributed by atoms with Crippen LogP contribution in [0.4, 0.5) is 0 Å². The first-order valence-electron chi connectivity index (χ1n) is 5.17. The van der Waals surface area contributed by atoms with E-state index >= 15 is 0 Å². The Bertz CT molecular complexity index is 150. The van der Waals surface area contributed by atoms with Gasteiger partial charge < -0.3 is 14.8 Å². The molecule has 84 valence electrons. The van der Waals surface area contributed by atoms with Crippen molar-refractivity contribution < 1.29 is 14.3 Å². The molecular formula is C10H21NO3. The Morgan fingerprint density at radius 3 is 2.71 bits per heavy atom. The van der Waals surface area contributed by atoms with E-state index in [0.29, 0.717) is 19.3 Å². The van der Waals surface area contributed by atoms with Crippen LogP contribution in [0, 0.1) is 0 Å². The zero-order valence-corrected chi connectivity index (χ0v) is 9.34. The van der Waals surface area contributed by atoms with E-state index in [1.807, 2.05) is 0 Å². The molecule has 1 N–H and O–H groups in total. The highest BCUT2D eigenvalue weighted by Gasteiger charge is 2.01. The first-order valence-corrected chi connectivity index (χ1v) is 5.17. The third kappa shape index (κ3) is 8.01. The third-order valence-corrected chi connectivity index (χ3v) is 1.88. The molecule has 0 spiro atoms. The number of carbonyl (C=O) groups is 1. The second kappa shape index (κ2) is 8.97. The molecule has 0 saturated carbocycles. The van der Waals surface area contributed by atoms with Crippen LogP contribution in [0.1, 0.15) is 27.2 Å². The predicted molar refractivity (Wildman–Crippen MR) is 55.2 cm³/mol. The van der Waals surface area contributed by atoms with Gasteiger partial charge in [0.15, 0.2) is 0 Å². The molecule has 0 aromatic heterocycles. The van der Waals surface area contributed by atoms with Crippen molar-refractivity contribution in [2.45, 2.75) is 33.2 Å². The van der Waals surface area contributed by atoms with Crippen LogP contribution in [0.15, 0.2) is 0 Å². The maximum absolute atomic E-state index is 10.8. The minimum absolute atomic E-state index is 0.0516. The molecule has 1 unspecified atom stereocenters. The minimum atomic E-state index is -0.295. The van der Waals surface area contributed by atoms with Crippen molar-refractivity contribution in [3.8, 4) is 0 Å². The summed E-state index contributed by atoms with van der Waals surface area (Å²) in [4.78, 5) is 10.8. The van der Waals surface area contributed by atoms with Gasteiger partial charge >= 0.3 is 5.97 Å². The molecule has 4 heteroatoms. The largest absolute Gasteiger partial charge is 0.464 e. The maximum atomic E-state index is 10.8. The number of hydrogen-bond donors (Lipinski definition) is 1. The molecule has 0 bridgehead atoms. The standard InChI is InChI=1S/C10H21NO3/c1-4-9(3)11-6-7-13-8-10(12)14-5-2/h9,11H,4-8H2,1-3H3. The van der Waals surface area contributed by atoms with Crippen LogP contribution in [0.5, 0.6) is 0 Å². The summed E-state index contributed by atoms with van der Waals surface area (Å²) in [6.07, 6.45) is 1.10. The Kier molecular flexibility index (Phi) is 8.57. The number of carbonyl (C=O) groups excluding carboxylic acids is 1. The summed E-state index contributed by atoms with van der Waals surface area (Å²) in [5.41, 5.74) is 0. The molecule has 0 heterocycles. The molecule has 0 aromatic rings. The van der Waals surface area contributed by atoms with Crippen molar-refractivity contribution in [2.75, 3.05) is 26.4 Å². The number of hydrogen-bond acceptors (Lipinski definition) is 4. The van der Waals surface area contributed by atoms with Crippen molar-refractivity contribution in [1.82, 2.24) is 5.32 Å². The number of ether oxygens (including phenoxy) is 2. The van der Waals surface area contributed by atoms with Gasteiger partial charge in [-0.05, 0) is 20.3 Å². The molecule has 0 rings (SSSR count). The van der Waals surface area contributed by atoms with Crippen LogP contribution in [-0.4, -0.2) is 38.4 Å². The zero-order valence-electron chi connectivity index (χ0n) is 9.34. The molecule has 1 atom stereocenters. The predicted octanol–water partition coefficient (Wildman–Crippen LogP) is 0.954. The van der Waals surface area contributed by atoms with Crippen LogP contribution >= 0.6 is 0 Å². The molecule has 0 amide bonds. The number of esters is 1. The summed E-state index contributed by atoms with van der Waals surface area (Å²) >= 11 is 0. The lowest BCUT2D eigenvalue weighted by molar-refractivity contribution is -0.148. The zero-order chi connectivity index (χ0) is 10.8. The highest BCUT2D eigenvalue weighted by molar-refractivity contribution is 5.70. The van der Waals surface area contributed by atoms with Crippen molar-refractivity contribution >= 4 is 5.97 Å². The maximum Gasteiger partial charge on any atom is 0.332 e. The minimum Gasteiger partial charge on any atom is -0.464 e. The van der Waals surface area contributed by atoms with Crippen LogP contribution < -0.4 is 5.32 Å². The van der Waals surface area contributed by atoms with Crippen molar-refractivity contribution in [2.24, 2.45) is 0 Å². The van der Waals surface area contributed by atoms with Gasteiger partial charge in [0.05, 0.1) is 13.2 Å². The lowest BCUT2D eigenvalue weighted by Gasteiger charge is -2.10. The van der Waals surface area contributed by atoms with E-state index in [1.54, 1.807) is 6.92 Å². The van der Waals surface area contributed by atoms with Gasteiger partial charge in [0.1, 0.15) is 6.61 Å². The lowest BCUT2D eigenvalue weighted by Crippen LogP contribution is -2.29. The molecule has 4 nitrogen and oxygen atoms in total. The van der Waals surface area contributed by atoms with Gasteiger partial charge in [-0.25, -0.2) is 4.79 Å². The Balaban J connectivity index is 3.17. The van der Waals surface area contributed by atoms with Crippen LogP contribution in [-0.2, 0) is 14.3 Å². The van der Waals surface area contributed by atoms with E-state index in [9.17, 15) is 4.79 Å². The first kappa shape index (κ1) is 13.4. The van der Waals surface area contributed by atoms with Crippen LogP contribution in [0.2, 0.25) is 0 Å². The van der Waals surface area contributed by atoms with E-state index in [0.717, 1.165) is 13.0 Å². The number of nitrogens with one attached hydrogen (secondary N) is 1. The van der Waals surface area contributed by atoms with E-state index in [4.69, 9.17) is 9.47 Å². The molecule has 0 aliphatic carbocycles. The molecule has 0 fully saturated rings. The quantitative estimate of drug-likeness (QED) is 0.471. The summed E-state index contributed by atoms with van der Waals surface area (Å²) < 4.78 is 9.81. The third-order valence-electron chi connectivity index (χ3n) is 1.88. The van der Waals surface area contributed by atoms with Gasteiger partial charge in [-0.1, -0.05) is 6.92 Å². The lowest BCUT2D eigenvalue weighted by atomic mass is 10.3. The van der Waals surface area contributed by atoms with E-state index in [1.165, 1.54) is 0 Å². The van der Waals surface area contributed by atoms with Crippen LogP contribution in [0.25, 0.3) is 0 Å². The van der Waals surface area contributed by atoms with Crippen molar-refractivity contribution in [3.63, 3.8) is 0 Å². The molecule has 0 aliphatic rings. The van der Waals surface area contributed by atoms with Crippen LogP contribution in [0.3, 0.4) is 0 Å². The Morgan fingerprint density at radius 2 is 2.14 bits per heavy atom. The Morgan fingerprint density at radius 1 is 1.43 bits per heavy atom. The summed E-state index contributed by atoms with van der Waals surface area (Å²) in [6.45, 7) is 7.80. The fraction of sp³-hybridized carbons (Fsp3) is 0.900. The fourth-order valence-electron chi connectivity index (χ4n) is 0.880. The molecule has 0 aliphatic heterocycles. The fourth-order valence-corrected chi connectivity index (χ4v) is 0.880.